The Balaban J connectivity index is 1.27. The van der Waals surface area contributed by atoms with E-state index in [1.807, 2.05) is 24.3 Å². The second kappa shape index (κ2) is 9.72. The van der Waals surface area contributed by atoms with Crippen molar-refractivity contribution < 1.29 is 18.6 Å². The van der Waals surface area contributed by atoms with Gasteiger partial charge in [0.25, 0.3) is 11.6 Å². The van der Waals surface area contributed by atoms with E-state index in [1.165, 1.54) is 18.2 Å². The van der Waals surface area contributed by atoms with Crippen molar-refractivity contribution >= 4 is 61.6 Å². The van der Waals surface area contributed by atoms with E-state index in [9.17, 15) is 14.9 Å². The Labute approximate surface area is 217 Å². The summed E-state index contributed by atoms with van der Waals surface area (Å²) in [6, 6.07) is 21.9. The van der Waals surface area contributed by atoms with E-state index in [-0.39, 0.29) is 16.6 Å². The minimum Gasteiger partial charge on any atom is -0.451 e. The van der Waals surface area contributed by atoms with Crippen molar-refractivity contribution in [1.29, 1.82) is 0 Å². The van der Waals surface area contributed by atoms with Crippen molar-refractivity contribution in [1.82, 2.24) is 10.3 Å². The minimum atomic E-state index is -0.567. The van der Waals surface area contributed by atoms with E-state index in [4.69, 9.17) is 21.1 Å². The molecule has 9 nitrogen and oxygen atoms in total. The van der Waals surface area contributed by atoms with Crippen LogP contribution < -0.4 is 10.6 Å². The van der Waals surface area contributed by atoms with Crippen LogP contribution in [0.4, 0.5) is 11.4 Å². The van der Waals surface area contributed by atoms with Crippen LogP contribution in [-0.2, 0) is 0 Å². The number of hydrogen-bond donors (Lipinski definition) is 2. The van der Waals surface area contributed by atoms with Gasteiger partial charge in [0.2, 0.25) is 5.89 Å². The molecule has 1 amide bonds. The van der Waals surface area contributed by atoms with Crippen LogP contribution in [0.5, 0.6) is 0 Å². The summed E-state index contributed by atoms with van der Waals surface area (Å²) in [6.07, 6.45) is 0. The van der Waals surface area contributed by atoms with Gasteiger partial charge in [0, 0.05) is 27.9 Å². The molecule has 36 heavy (non-hydrogen) atoms. The Hall–Kier alpha value is -4.35. The topological polar surface area (TPSA) is 123 Å². The average Bonchev–Trinajstić information content (AvgIpc) is 3.52. The summed E-state index contributed by atoms with van der Waals surface area (Å²) in [5.41, 5.74) is 3.06. The van der Waals surface area contributed by atoms with Crippen LogP contribution >= 0.6 is 28.1 Å². The van der Waals surface area contributed by atoms with Crippen LogP contribution in [0.3, 0.4) is 0 Å². The number of halogens is 1. The fourth-order valence-electron chi connectivity index (χ4n) is 3.47. The third-order valence-electron chi connectivity index (χ3n) is 5.15. The second-order valence-electron chi connectivity index (χ2n) is 7.56. The number of nitrogens with zero attached hydrogens (tertiary/aromatic N) is 2. The number of aromatic nitrogens is 1. The Bertz CT molecular complexity index is 1640. The maximum atomic E-state index is 12.6. The number of non-ortho nitro benzene ring substituents is 1. The van der Waals surface area contributed by atoms with Gasteiger partial charge in [-0.05, 0) is 70.6 Å². The monoisotopic (exact) mass is 562 g/mol. The zero-order chi connectivity index (χ0) is 25.2. The molecule has 2 aromatic heterocycles. The number of amides is 1. The molecule has 0 fully saturated rings. The number of rotatable bonds is 5. The first-order chi connectivity index (χ1) is 17.4. The Morgan fingerprint density at radius 1 is 1.00 bits per heavy atom. The number of fused-ring (bicyclic) bond motifs is 1. The number of benzene rings is 3. The second-order valence-corrected chi connectivity index (χ2v) is 8.82. The molecule has 0 saturated carbocycles. The molecule has 0 radical (unpaired) electrons. The number of nitro benzene ring substituents is 1. The van der Waals surface area contributed by atoms with Gasteiger partial charge in [-0.3, -0.25) is 20.2 Å². The van der Waals surface area contributed by atoms with E-state index < -0.39 is 10.8 Å². The summed E-state index contributed by atoms with van der Waals surface area (Å²) in [6.45, 7) is 0. The van der Waals surface area contributed by atoms with Crippen molar-refractivity contribution in [2.24, 2.45) is 0 Å². The number of thiocarbonyl (C=S) groups is 1. The van der Waals surface area contributed by atoms with Gasteiger partial charge in [0.15, 0.2) is 16.5 Å². The molecule has 11 heteroatoms. The zero-order valence-electron chi connectivity index (χ0n) is 18.2. The fraction of sp³-hybridized carbons (Fsp3) is 0. The highest BCUT2D eigenvalue weighted by atomic mass is 79.9. The third-order valence-corrected chi connectivity index (χ3v) is 6.04. The van der Waals surface area contributed by atoms with Crippen LogP contribution in [0.25, 0.3) is 33.9 Å². The molecular weight excluding hydrogens is 548 g/mol. The molecule has 0 bridgehead atoms. The van der Waals surface area contributed by atoms with Gasteiger partial charge in [0.05, 0.1) is 10.5 Å². The van der Waals surface area contributed by atoms with Gasteiger partial charge in [0.1, 0.15) is 11.3 Å². The highest BCUT2D eigenvalue weighted by Gasteiger charge is 2.16. The normalized spacial score (nSPS) is 10.8. The lowest BCUT2D eigenvalue weighted by molar-refractivity contribution is -0.384. The first-order valence-electron chi connectivity index (χ1n) is 10.5. The van der Waals surface area contributed by atoms with Crippen molar-refractivity contribution in [2.75, 3.05) is 5.32 Å². The van der Waals surface area contributed by atoms with Crippen LogP contribution in [-0.4, -0.2) is 20.9 Å². The lowest BCUT2D eigenvalue weighted by atomic mass is 10.1. The number of carbonyl (C=O) groups excluding carboxylic acids is 1. The number of nitro groups is 1. The number of anilines is 1. The van der Waals surface area contributed by atoms with Crippen molar-refractivity contribution in [3.05, 3.63) is 99.2 Å². The largest absolute Gasteiger partial charge is 0.451 e. The van der Waals surface area contributed by atoms with E-state index in [0.29, 0.717) is 34.0 Å². The molecule has 2 N–H and O–H groups in total. The summed E-state index contributed by atoms with van der Waals surface area (Å²) in [7, 11) is 0. The first-order valence-corrected chi connectivity index (χ1v) is 11.7. The molecule has 0 atom stereocenters. The average molecular weight is 563 g/mol. The zero-order valence-corrected chi connectivity index (χ0v) is 20.6. The predicted molar refractivity (Wildman–Crippen MR) is 142 cm³/mol. The molecule has 5 rings (SSSR count). The molecule has 5 aromatic rings. The molecule has 3 aromatic carbocycles. The lowest BCUT2D eigenvalue weighted by Gasteiger charge is -2.08. The van der Waals surface area contributed by atoms with Gasteiger partial charge in [-0.2, -0.15) is 0 Å². The standard InChI is InChI=1S/C25H15BrN4O5S/c26-18-7-2-1-6-17(18)24-28-19-13-15(8-9-21(19)35-24)27-25(36)29-23(31)22-11-10-20(34-22)14-4-3-5-16(12-14)30(32)33/h1-13H,(H2,27,29,31,36). The molecule has 0 spiro atoms. The molecule has 0 unspecified atom stereocenters. The number of nitrogens with one attached hydrogen (secondary N) is 2. The van der Waals surface area contributed by atoms with Crippen LogP contribution in [0.2, 0.25) is 0 Å². The molecule has 0 aliphatic rings. The maximum absolute atomic E-state index is 12.6. The highest BCUT2D eigenvalue weighted by Crippen LogP contribution is 2.31. The summed E-state index contributed by atoms with van der Waals surface area (Å²) in [5, 5.41) is 16.6. The van der Waals surface area contributed by atoms with Gasteiger partial charge in [-0.15, -0.1) is 0 Å². The van der Waals surface area contributed by atoms with Gasteiger partial charge in [-0.25, -0.2) is 4.98 Å². The van der Waals surface area contributed by atoms with E-state index in [0.717, 1.165) is 10.0 Å². The summed E-state index contributed by atoms with van der Waals surface area (Å²) < 4.78 is 12.3. The lowest BCUT2D eigenvalue weighted by Crippen LogP contribution is -2.33. The minimum absolute atomic E-state index is 0.00527. The fourth-order valence-corrected chi connectivity index (χ4v) is 4.13. The third kappa shape index (κ3) is 4.88. The SMILES string of the molecule is O=C(NC(=S)Nc1ccc2oc(-c3ccccc3Br)nc2c1)c1ccc(-c2cccc([N+](=O)[O-])c2)o1. The van der Waals surface area contributed by atoms with E-state index in [1.54, 1.807) is 36.4 Å². The predicted octanol–water partition coefficient (Wildman–Crippen LogP) is 6.55. The van der Waals surface area contributed by atoms with Crippen LogP contribution in [0, 0.1) is 10.1 Å². The van der Waals surface area contributed by atoms with Crippen LogP contribution in [0.1, 0.15) is 10.6 Å². The number of hydrogen-bond acceptors (Lipinski definition) is 7. The smallest absolute Gasteiger partial charge is 0.293 e. The van der Waals surface area contributed by atoms with Gasteiger partial charge in [-0.1, -0.05) is 24.3 Å². The summed E-state index contributed by atoms with van der Waals surface area (Å²) >= 11 is 8.77. The van der Waals surface area contributed by atoms with E-state index >= 15 is 0 Å². The molecule has 2 heterocycles. The van der Waals surface area contributed by atoms with Gasteiger partial charge >= 0.3 is 0 Å². The quantitative estimate of drug-likeness (QED) is 0.140. The summed E-state index contributed by atoms with van der Waals surface area (Å²) in [4.78, 5) is 27.6. The molecule has 178 valence electrons. The Morgan fingerprint density at radius 3 is 2.64 bits per heavy atom. The number of furan rings is 1. The Kier molecular flexibility index (Phi) is 6.32. The van der Waals surface area contributed by atoms with Crippen molar-refractivity contribution in [3.8, 4) is 22.8 Å². The Morgan fingerprint density at radius 2 is 1.83 bits per heavy atom. The number of carbonyl (C=O) groups is 1. The van der Waals surface area contributed by atoms with Crippen molar-refractivity contribution in [3.63, 3.8) is 0 Å². The van der Waals surface area contributed by atoms with Crippen LogP contribution in [0.15, 0.2) is 92.2 Å². The molecule has 0 aliphatic carbocycles. The van der Waals surface area contributed by atoms with E-state index in [2.05, 4.69) is 31.5 Å². The molecule has 0 saturated heterocycles. The van der Waals surface area contributed by atoms with Crippen molar-refractivity contribution in [2.45, 2.75) is 0 Å². The number of oxazole rings is 1. The summed E-state index contributed by atoms with van der Waals surface area (Å²) in [5.74, 6) is 0.233. The highest BCUT2D eigenvalue weighted by molar-refractivity contribution is 9.10. The first kappa shape index (κ1) is 23.4. The van der Waals surface area contributed by atoms with Gasteiger partial charge < -0.3 is 14.2 Å². The molecule has 0 aliphatic heterocycles. The maximum Gasteiger partial charge on any atom is 0.293 e. The molecular formula is C25H15BrN4O5S.